The van der Waals surface area contributed by atoms with Crippen LogP contribution < -0.4 is 0 Å². The second kappa shape index (κ2) is 5.89. The Morgan fingerprint density at radius 1 is 1.09 bits per heavy atom. The van der Waals surface area contributed by atoms with E-state index in [0.717, 1.165) is 16.8 Å². The Balaban J connectivity index is 1.71. The highest BCUT2D eigenvalue weighted by Crippen LogP contribution is 2.18. The molecule has 2 N–H and O–H groups in total. The second-order valence-electron chi connectivity index (χ2n) is 5.21. The van der Waals surface area contributed by atoms with Crippen molar-refractivity contribution in [1.29, 1.82) is 0 Å². The van der Waals surface area contributed by atoms with Gasteiger partial charge in [0.2, 0.25) is 5.91 Å². The van der Waals surface area contributed by atoms with Crippen LogP contribution >= 0.6 is 0 Å². The third-order valence-corrected chi connectivity index (χ3v) is 3.56. The van der Waals surface area contributed by atoms with Crippen LogP contribution in [0.3, 0.4) is 0 Å². The molecule has 1 heterocycles. The molecule has 5 nitrogen and oxygen atoms in total. The van der Waals surface area contributed by atoms with Crippen molar-refractivity contribution < 1.29 is 15.0 Å². The van der Waals surface area contributed by atoms with Crippen LogP contribution in [0.2, 0.25) is 0 Å². The van der Waals surface area contributed by atoms with Gasteiger partial charge in [0, 0.05) is 6.42 Å². The van der Waals surface area contributed by atoms with Crippen molar-refractivity contribution in [2.24, 2.45) is 5.10 Å². The lowest BCUT2D eigenvalue weighted by Crippen LogP contribution is -2.25. The molecule has 22 heavy (non-hydrogen) atoms. The zero-order chi connectivity index (χ0) is 15.5. The van der Waals surface area contributed by atoms with E-state index in [4.69, 9.17) is 0 Å². The molecule has 0 aliphatic carbocycles. The van der Waals surface area contributed by atoms with E-state index >= 15 is 0 Å². The lowest BCUT2D eigenvalue weighted by atomic mass is 10.1. The molecule has 5 heteroatoms. The van der Waals surface area contributed by atoms with E-state index in [2.05, 4.69) is 5.10 Å². The summed E-state index contributed by atoms with van der Waals surface area (Å²) in [5.41, 5.74) is 2.51. The Labute approximate surface area is 128 Å². The van der Waals surface area contributed by atoms with Gasteiger partial charge in [-0.25, -0.2) is 5.01 Å². The first kappa shape index (κ1) is 14.1. The van der Waals surface area contributed by atoms with Crippen molar-refractivity contribution >= 4 is 11.6 Å². The molecular weight excluding hydrogens is 280 g/mol. The molecule has 0 spiro atoms. The van der Waals surface area contributed by atoms with Gasteiger partial charge in [-0.15, -0.1) is 0 Å². The summed E-state index contributed by atoms with van der Waals surface area (Å²) in [5.74, 6) is 0.263. The van der Waals surface area contributed by atoms with Gasteiger partial charge in [0.1, 0.15) is 11.5 Å². The summed E-state index contributed by atoms with van der Waals surface area (Å²) in [6.45, 7) is 0.549. The van der Waals surface area contributed by atoms with E-state index in [9.17, 15) is 15.0 Å². The van der Waals surface area contributed by atoms with Crippen molar-refractivity contribution in [2.45, 2.75) is 12.8 Å². The molecule has 0 saturated carbocycles. The largest absolute Gasteiger partial charge is 0.508 e. The Bertz CT molecular complexity index is 723. The highest BCUT2D eigenvalue weighted by Gasteiger charge is 2.21. The van der Waals surface area contributed by atoms with E-state index in [1.165, 1.54) is 5.01 Å². The van der Waals surface area contributed by atoms with Crippen LogP contribution in [0.1, 0.15) is 17.5 Å². The molecule has 2 aromatic rings. The molecule has 1 aliphatic rings. The first-order chi connectivity index (χ1) is 10.6. The molecule has 0 unspecified atom stereocenters. The minimum Gasteiger partial charge on any atom is -0.508 e. The van der Waals surface area contributed by atoms with Crippen LogP contribution in [0, 0.1) is 0 Å². The summed E-state index contributed by atoms with van der Waals surface area (Å²) in [5, 5.41) is 24.6. The zero-order valence-corrected chi connectivity index (χ0v) is 11.9. The molecule has 3 rings (SSSR count). The third-order valence-electron chi connectivity index (χ3n) is 3.56. The number of hydrogen-bond acceptors (Lipinski definition) is 4. The fraction of sp³-hybridized carbons (Fsp3) is 0.176. The van der Waals surface area contributed by atoms with E-state index < -0.39 is 0 Å². The van der Waals surface area contributed by atoms with Gasteiger partial charge in [0.15, 0.2) is 0 Å². The van der Waals surface area contributed by atoms with Crippen LogP contribution in [0.15, 0.2) is 53.6 Å². The Morgan fingerprint density at radius 2 is 1.86 bits per heavy atom. The Morgan fingerprint density at radius 3 is 2.59 bits per heavy atom. The fourth-order valence-electron chi connectivity index (χ4n) is 2.43. The molecule has 0 atom stereocenters. The molecule has 0 aromatic heterocycles. The van der Waals surface area contributed by atoms with Gasteiger partial charge in [0.25, 0.3) is 0 Å². The number of rotatable bonds is 3. The number of carbonyl (C=O) groups is 1. The SMILES string of the molecule is O=C(Cc1cccc(O)c1)N1CCC(c2ccc(O)cc2)=N1. The lowest BCUT2D eigenvalue weighted by Gasteiger charge is -2.11. The van der Waals surface area contributed by atoms with Gasteiger partial charge in [0.05, 0.1) is 18.7 Å². The van der Waals surface area contributed by atoms with Gasteiger partial charge in [-0.3, -0.25) is 4.79 Å². The monoisotopic (exact) mass is 296 g/mol. The number of phenols is 2. The number of hydrazone groups is 1. The predicted molar refractivity (Wildman–Crippen MR) is 82.8 cm³/mol. The van der Waals surface area contributed by atoms with Crippen LogP contribution in [-0.2, 0) is 11.2 Å². The second-order valence-corrected chi connectivity index (χ2v) is 5.21. The van der Waals surface area contributed by atoms with E-state index in [0.29, 0.717) is 13.0 Å². The van der Waals surface area contributed by atoms with Crippen molar-refractivity contribution in [2.75, 3.05) is 6.54 Å². The van der Waals surface area contributed by atoms with Crippen molar-refractivity contribution in [3.8, 4) is 11.5 Å². The molecule has 2 aromatic carbocycles. The summed E-state index contributed by atoms with van der Waals surface area (Å²) in [6.07, 6.45) is 0.900. The molecule has 1 amide bonds. The summed E-state index contributed by atoms with van der Waals surface area (Å²) in [6, 6.07) is 13.5. The number of carbonyl (C=O) groups excluding carboxylic acids is 1. The van der Waals surface area contributed by atoms with Crippen LogP contribution in [0.25, 0.3) is 0 Å². The van der Waals surface area contributed by atoms with E-state index in [-0.39, 0.29) is 23.8 Å². The van der Waals surface area contributed by atoms with Crippen molar-refractivity contribution in [3.63, 3.8) is 0 Å². The zero-order valence-electron chi connectivity index (χ0n) is 11.9. The van der Waals surface area contributed by atoms with Crippen LogP contribution in [0.4, 0.5) is 0 Å². The van der Waals surface area contributed by atoms with Gasteiger partial charge in [-0.2, -0.15) is 5.10 Å². The summed E-state index contributed by atoms with van der Waals surface area (Å²) < 4.78 is 0. The minimum atomic E-state index is -0.0978. The fourth-order valence-corrected chi connectivity index (χ4v) is 2.43. The maximum absolute atomic E-state index is 12.3. The van der Waals surface area contributed by atoms with Gasteiger partial charge in [-0.05, 0) is 47.5 Å². The number of aromatic hydroxyl groups is 2. The van der Waals surface area contributed by atoms with E-state index in [1.807, 2.05) is 0 Å². The van der Waals surface area contributed by atoms with Crippen molar-refractivity contribution in [1.82, 2.24) is 5.01 Å². The number of phenolic OH excluding ortho intramolecular Hbond substituents is 2. The molecule has 1 aliphatic heterocycles. The van der Waals surface area contributed by atoms with E-state index in [1.54, 1.807) is 48.5 Å². The van der Waals surface area contributed by atoms with Crippen LogP contribution in [0.5, 0.6) is 11.5 Å². The highest BCUT2D eigenvalue weighted by atomic mass is 16.3. The van der Waals surface area contributed by atoms with Gasteiger partial charge >= 0.3 is 0 Å². The first-order valence-electron chi connectivity index (χ1n) is 7.07. The summed E-state index contributed by atoms with van der Waals surface area (Å²) >= 11 is 0. The summed E-state index contributed by atoms with van der Waals surface area (Å²) in [4.78, 5) is 12.3. The highest BCUT2D eigenvalue weighted by molar-refractivity contribution is 6.02. The molecular formula is C17H16N2O3. The molecule has 0 bridgehead atoms. The molecule has 0 fully saturated rings. The Hall–Kier alpha value is -2.82. The average molecular weight is 296 g/mol. The first-order valence-corrected chi connectivity index (χ1v) is 7.07. The number of benzene rings is 2. The Kier molecular flexibility index (Phi) is 3.78. The predicted octanol–water partition coefficient (Wildman–Crippen LogP) is 2.28. The normalized spacial score (nSPS) is 14.0. The number of hydrogen-bond donors (Lipinski definition) is 2. The van der Waals surface area contributed by atoms with Gasteiger partial charge in [-0.1, -0.05) is 12.1 Å². The van der Waals surface area contributed by atoms with Crippen molar-refractivity contribution in [3.05, 3.63) is 59.7 Å². The maximum Gasteiger partial charge on any atom is 0.247 e. The van der Waals surface area contributed by atoms with Gasteiger partial charge < -0.3 is 10.2 Å². The number of nitrogens with zero attached hydrogens (tertiary/aromatic N) is 2. The number of amides is 1. The smallest absolute Gasteiger partial charge is 0.247 e. The quantitative estimate of drug-likeness (QED) is 0.912. The van der Waals surface area contributed by atoms with Crippen LogP contribution in [-0.4, -0.2) is 33.4 Å². The molecule has 0 radical (unpaired) electrons. The topological polar surface area (TPSA) is 73.1 Å². The lowest BCUT2D eigenvalue weighted by molar-refractivity contribution is -0.130. The standard InChI is InChI=1S/C17H16N2O3/c20-14-6-4-13(5-7-14)16-8-9-19(18-16)17(22)11-12-2-1-3-15(21)10-12/h1-7,10,20-21H,8-9,11H2. The summed E-state index contributed by atoms with van der Waals surface area (Å²) in [7, 11) is 0. The maximum atomic E-state index is 12.3. The molecule has 0 saturated heterocycles. The molecule has 112 valence electrons. The third kappa shape index (κ3) is 3.09. The average Bonchev–Trinajstić information content (AvgIpc) is 2.98. The minimum absolute atomic E-state index is 0.0978.